The summed E-state index contributed by atoms with van der Waals surface area (Å²) in [6.45, 7) is 0.336. The van der Waals surface area contributed by atoms with Crippen molar-refractivity contribution in [2.75, 3.05) is 19.0 Å². The van der Waals surface area contributed by atoms with Gasteiger partial charge in [0.15, 0.2) is 0 Å². The molecule has 1 N–H and O–H groups in total. The number of amides is 1. The highest BCUT2D eigenvalue weighted by atomic mass is 16.5. The molecule has 0 aliphatic carbocycles. The summed E-state index contributed by atoms with van der Waals surface area (Å²) in [5.41, 5.74) is 2.34. The molecule has 0 fully saturated rings. The molecule has 132 valence electrons. The van der Waals surface area contributed by atoms with E-state index in [1.165, 1.54) is 0 Å². The Morgan fingerprint density at radius 1 is 1.35 bits per heavy atom. The number of nitrogens with one attached hydrogen (secondary N) is 1. The van der Waals surface area contributed by atoms with Crippen molar-refractivity contribution in [1.82, 2.24) is 14.8 Å². The predicted molar refractivity (Wildman–Crippen MR) is 95.7 cm³/mol. The first-order valence-electron chi connectivity index (χ1n) is 8.29. The highest BCUT2D eigenvalue weighted by Crippen LogP contribution is 2.31. The van der Waals surface area contributed by atoms with E-state index in [4.69, 9.17) is 9.47 Å². The lowest BCUT2D eigenvalue weighted by atomic mass is 9.95. The summed E-state index contributed by atoms with van der Waals surface area (Å²) in [7, 11) is 1.62. The molecule has 7 heteroatoms. The number of carbonyl (C=O) groups is 1. The zero-order valence-electron chi connectivity index (χ0n) is 14.3. The van der Waals surface area contributed by atoms with Crippen LogP contribution in [0.2, 0.25) is 0 Å². The minimum Gasteiger partial charge on any atom is -0.497 e. The van der Waals surface area contributed by atoms with Crippen LogP contribution in [-0.2, 0) is 11.2 Å². The minimum atomic E-state index is -0.291. The van der Waals surface area contributed by atoms with Crippen molar-refractivity contribution in [1.29, 1.82) is 0 Å². The van der Waals surface area contributed by atoms with Crippen molar-refractivity contribution in [3.8, 4) is 17.2 Å². The van der Waals surface area contributed by atoms with Crippen LogP contribution in [0.1, 0.15) is 5.56 Å². The molecule has 0 saturated heterocycles. The number of nitrogens with zero attached hydrogens (tertiary/aromatic N) is 3. The number of rotatable bonds is 4. The van der Waals surface area contributed by atoms with Crippen LogP contribution in [0.3, 0.4) is 0 Å². The second-order valence-electron chi connectivity index (χ2n) is 6.02. The molecule has 0 radical (unpaired) electrons. The lowest BCUT2D eigenvalue weighted by molar-refractivity contribution is -0.121. The Balaban J connectivity index is 1.53. The molecule has 1 aliphatic heterocycles. The number of ether oxygens (including phenoxy) is 2. The van der Waals surface area contributed by atoms with Gasteiger partial charge in [0.2, 0.25) is 5.91 Å². The summed E-state index contributed by atoms with van der Waals surface area (Å²) < 4.78 is 12.7. The van der Waals surface area contributed by atoms with Gasteiger partial charge in [-0.1, -0.05) is 0 Å². The highest BCUT2D eigenvalue weighted by Gasteiger charge is 2.27. The van der Waals surface area contributed by atoms with Gasteiger partial charge in [0.25, 0.3) is 0 Å². The van der Waals surface area contributed by atoms with E-state index in [9.17, 15) is 4.79 Å². The number of benzene rings is 1. The lowest BCUT2D eigenvalue weighted by Crippen LogP contribution is -2.33. The number of anilines is 1. The minimum absolute atomic E-state index is 0.111. The van der Waals surface area contributed by atoms with Crippen LogP contribution in [0.15, 0.2) is 55.1 Å². The maximum atomic E-state index is 12.8. The Hall–Kier alpha value is -3.35. The molecule has 3 heterocycles. The van der Waals surface area contributed by atoms with Crippen molar-refractivity contribution in [3.05, 3.63) is 60.7 Å². The number of hydrogen-bond acceptors (Lipinski definition) is 5. The van der Waals surface area contributed by atoms with Crippen LogP contribution in [0, 0.1) is 5.92 Å². The Morgan fingerprint density at radius 3 is 3.08 bits per heavy atom. The molecule has 0 bridgehead atoms. The van der Waals surface area contributed by atoms with Gasteiger partial charge in [-0.15, -0.1) is 0 Å². The summed E-state index contributed by atoms with van der Waals surface area (Å²) >= 11 is 0. The zero-order valence-corrected chi connectivity index (χ0v) is 14.3. The fourth-order valence-electron chi connectivity index (χ4n) is 3.00. The van der Waals surface area contributed by atoms with Gasteiger partial charge in [-0.25, -0.2) is 4.68 Å². The average Bonchev–Trinajstić information content (AvgIpc) is 3.22. The van der Waals surface area contributed by atoms with Crippen molar-refractivity contribution in [2.45, 2.75) is 6.42 Å². The van der Waals surface area contributed by atoms with E-state index in [0.29, 0.717) is 18.7 Å². The maximum Gasteiger partial charge on any atom is 0.231 e. The largest absolute Gasteiger partial charge is 0.497 e. The first-order valence-corrected chi connectivity index (χ1v) is 8.29. The summed E-state index contributed by atoms with van der Waals surface area (Å²) in [6, 6.07) is 9.27. The van der Waals surface area contributed by atoms with Crippen molar-refractivity contribution >= 4 is 11.6 Å². The molecule has 3 aromatic rings. The summed E-state index contributed by atoms with van der Waals surface area (Å²) in [5, 5.41) is 7.17. The number of aromatic nitrogens is 3. The van der Waals surface area contributed by atoms with E-state index in [2.05, 4.69) is 15.4 Å². The van der Waals surface area contributed by atoms with E-state index < -0.39 is 0 Å². The SMILES string of the molecule is COc1ccc2c(c1)CC(C(=O)Nc1cnccc1-n1cccn1)CO2. The van der Waals surface area contributed by atoms with Gasteiger partial charge in [0.1, 0.15) is 18.1 Å². The molecule has 7 nitrogen and oxygen atoms in total. The average molecular weight is 350 g/mol. The summed E-state index contributed by atoms with van der Waals surface area (Å²) in [4.78, 5) is 16.9. The van der Waals surface area contributed by atoms with E-state index in [0.717, 1.165) is 22.7 Å². The molecule has 26 heavy (non-hydrogen) atoms. The van der Waals surface area contributed by atoms with Gasteiger partial charge < -0.3 is 14.8 Å². The molecule has 0 spiro atoms. The first kappa shape index (κ1) is 16.1. The smallest absolute Gasteiger partial charge is 0.231 e. The summed E-state index contributed by atoms with van der Waals surface area (Å²) in [5.74, 6) is 1.15. The Kier molecular flexibility index (Phi) is 4.27. The third-order valence-electron chi connectivity index (χ3n) is 4.35. The van der Waals surface area contributed by atoms with Crippen LogP contribution >= 0.6 is 0 Å². The van der Waals surface area contributed by atoms with Gasteiger partial charge >= 0.3 is 0 Å². The van der Waals surface area contributed by atoms with Crippen LogP contribution < -0.4 is 14.8 Å². The highest BCUT2D eigenvalue weighted by molar-refractivity contribution is 5.94. The topological polar surface area (TPSA) is 78.3 Å². The molecule has 1 unspecified atom stereocenters. The third-order valence-corrected chi connectivity index (χ3v) is 4.35. The number of pyridine rings is 1. The molecule has 2 aromatic heterocycles. The predicted octanol–water partition coefficient (Wildman–Crippen LogP) is 2.47. The molecule has 1 atom stereocenters. The second kappa shape index (κ2) is 6.87. The first-order chi connectivity index (χ1) is 12.7. The Morgan fingerprint density at radius 2 is 2.27 bits per heavy atom. The molecular weight excluding hydrogens is 332 g/mol. The zero-order chi connectivity index (χ0) is 17.9. The van der Waals surface area contributed by atoms with Gasteiger partial charge in [0, 0.05) is 18.6 Å². The van der Waals surface area contributed by atoms with Crippen LogP contribution in [-0.4, -0.2) is 34.4 Å². The van der Waals surface area contributed by atoms with Crippen molar-refractivity contribution < 1.29 is 14.3 Å². The van der Waals surface area contributed by atoms with Gasteiger partial charge in [0.05, 0.1) is 30.6 Å². The van der Waals surface area contributed by atoms with E-state index in [1.807, 2.05) is 30.5 Å². The molecule has 4 rings (SSSR count). The van der Waals surface area contributed by atoms with E-state index in [1.54, 1.807) is 36.4 Å². The van der Waals surface area contributed by atoms with Crippen LogP contribution in [0.5, 0.6) is 11.5 Å². The lowest BCUT2D eigenvalue weighted by Gasteiger charge is -2.25. The Labute approximate surface area is 150 Å². The number of methoxy groups -OCH3 is 1. The summed E-state index contributed by atoms with van der Waals surface area (Å²) in [6.07, 6.45) is 7.38. The van der Waals surface area contributed by atoms with Crippen LogP contribution in [0.4, 0.5) is 5.69 Å². The fraction of sp³-hybridized carbons (Fsp3) is 0.211. The quantitative estimate of drug-likeness (QED) is 0.782. The number of hydrogen-bond donors (Lipinski definition) is 1. The van der Waals surface area contributed by atoms with Crippen molar-refractivity contribution in [3.63, 3.8) is 0 Å². The third kappa shape index (κ3) is 3.11. The van der Waals surface area contributed by atoms with Gasteiger partial charge in [-0.05, 0) is 42.3 Å². The molecule has 0 saturated carbocycles. The number of carbonyl (C=O) groups excluding carboxylic acids is 1. The second-order valence-corrected chi connectivity index (χ2v) is 6.02. The van der Waals surface area contributed by atoms with Gasteiger partial charge in [-0.2, -0.15) is 5.10 Å². The van der Waals surface area contributed by atoms with E-state index >= 15 is 0 Å². The standard InChI is InChI=1S/C19H18N4O3/c1-25-15-3-4-18-13(10-15)9-14(12-26-18)19(24)22-16-11-20-7-5-17(16)23-8-2-6-21-23/h2-8,10-11,14H,9,12H2,1H3,(H,22,24). The number of fused-ring (bicyclic) bond motifs is 1. The van der Waals surface area contributed by atoms with Gasteiger partial charge in [-0.3, -0.25) is 9.78 Å². The van der Waals surface area contributed by atoms with Crippen LogP contribution in [0.25, 0.3) is 5.69 Å². The molecular formula is C19H18N4O3. The monoisotopic (exact) mass is 350 g/mol. The maximum absolute atomic E-state index is 12.8. The fourth-order valence-corrected chi connectivity index (χ4v) is 3.00. The normalized spacial score (nSPS) is 15.7. The molecule has 1 amide bonds. The molecule has 1 aliphatic rings. The Bertz CT molecular complexity index is 924. The van der Waals surface area contributed by atoms with E-state index in [-0.39, 0.29) is 11.8 Å². The van der Waals surface area contributed by atoms with Crippen molar-refractivity contribution in [2.24, 2.45) is 5.92 Å². The molecule has 1 aromatic carbocycles.